The highest BCUT2D eigenvalue weighted by Crippen LogP contribution is 2.37. The van der Waals surface area contributed by atoms with Crippen LogP contribution in [0.15, 0.2) is 68.3 Å². The summed E-state index contributed by atoms with van der Waals surface area (Å²) in [6.07, 6.45) is 3.09. The van der Waals surface area contributed by atoms with E-state index in [0.29, 0.717) is 13.1 Å². The molecule has 0 saturated carbocycles. The zero-order valence-corrected chi connectivity index (χ0v) is 13.2. The SMILES string of the molecule is O=C=NCc1cccc(SSc2cccc(CN=C=O)c2)c1. The molecule has 0 aliphatic carbocycles. The van der Waals surface area contributed by atoms with Gasteiger partial charge in [-0.2, -0.15) is 0 Å². The minimum Gasteiger partial charge on any atom is -0.211 e. The third-order valence-corrected chi connectivity index (χ3v) is 5.06. The molecule has 0 saturated heterocycles. The topological polar surface area (TPSA) is 58.9 Å². The Bertz CT molecular complexity index is 673. The van der Waals surface area contributed by atoms with Crippen molar-refractivity contribution in [1.29, 1.82) is 0 Å². The molecule has 0 bridgehead atoms. The Hall–Kier alpha value is -2.10. The average molecular weight is 328 g/mol. The Morgan fingerprint density at radius 3 is 1.64 bits per heavy atom. The lowest BCUT2D eigenvalue weighted by atomic mass is 10.2. The van der Waals surface area contributed by atoms with E-state index >= 15 is 0 Å². The summed E-state index contributed by atoms with van der Waals surface area (Å²) in [5, 5.41) is 0. The van der Waals surface area contributed by atoms with Crippen LogP contribution in [0.1, 0.15) is 11.1 Å². The monoisotopic (exact) mass is 328 g/mol. The highest BCUT2D eigenvalue weighted by molar-refractivity contribution is 8.76. The number of rotatable bonds is 7. The summed E-state index contributed by atoms with van der Waals surface area (Å²) in [7, 11) is 3.24. The van der Waals surface area contributed by atoms with Crippen molar-refractivity contribution in [2.75, 3.05) is 0 Å². The van der Waals surface area contributed by atoms with Gasteiger partial charge < -0.3 is 0 Å². The molecule has 0 heterocycles. The predicted molar refractivity (Wildman–Crippen MR) is 88.2 cm³/mol. The Morgan fingerprint density at radius 2 is 1.23 bits per heavy atom. The zero-order chi connectivity index (χ0) is 15.6. The summed E-state index contributed by atoms with van der Waals surface area (Å²) >= 11 is 0. The van der Waals surface area contributed by atoms with Gasteiger partial charge in [-0.05, 0) is 35.4 Å². The van der Waals surface area contributed by atoms with Gasteiger partial charge in [0.25, 0.3) is 0 Å². The van der Waals surface area contributed by atoms with Gasteiger partial charge in [-0.25, -0.2) is 19.6 Å². The second kappa shape index (κ2) is 9.03. The molecule has 0 atom stereocenters. The van der Waals surface area contributed by atoms with E-state index in [-0.39, 0.29) is 0 Å². The molecule has 4 nitrogen and oxygen atoms in total. The molecule has 0 aliphatic rings. The lowest BCUT2D eigenvalue weighted by Crippen LogP contribution is -1.82. The number of hydrogen-bond acceptors (Lipinski definition) is 6. The summed E-state index contributed by atoms with van der Waals surface area (Å²) in [5.41, 5.74) is 1.95. The van der Waals surface area contributed by atoms with E-state index in [9.17, 15) is 9.59 Å². The van der Waals surface area contributed by atoms with Crippen molar-refractivity contribution in [3.8, 4) is 0 Å². The minimum atomic E-state index is 0.349. The first-order chi connectivity index (χ1) is 10.8. The van der Waals surface area contributed by atoms with Crippen molar-refractivity contribution < 1.29 is 9.59 Å². The van der Waals surface area contributed by atoms with Gasteiger partial charge in [0.05, 0.1) is 13.1 Å². The Kier molecular flexibility index (Phi) is 6.68. The number of benzene rings is 2. The van der Waals surface area contributed by atoms with Gasteiger partial charge >= 0.3 is 0 Å². The van der Waals surface area contributed by atoms with Crippen LogP contribution in [0.3, 0.4) is 0 Å². The van der Waals surface area contributed by atoms with E-state index in [2.05, 4.69) is 9.98 Å². The fourth-order valence-corrected chi connectivity index (χ4v) is 3.79. The molecule has 0 aliphatic heterocycles. The van der Waals surface area contributed by atoms with Crippen LogP contribution in [0.5, 0.6) is 0 Å². The molecule has 0 amide bonds. The van der Waals surface area contributed by atoms with Crippen LogP contribution < -0.4 is 0 Å². The van der Waals surface area contributed by atoms with Crippen LogP contribution in [0, 0.1) is 0 Å². The highest BCUT2D eigenvalue weighted by Gasteiger charge is 2.01. The fraction of sp³-hybridized carbons (Fsp3) is 0.125. The fourth-order valence-electron chi connectivity index (χ4n) is 1.73. The molecule has 0 fully saturated rings. The standard InChI is InChI=1S/C16H12N2O2S2/c19-11-17-9-13-3-1-5-15(7-13)21-22-16-6-2-4-14(8-16)10-18-12-20/h1-8H,9-10H2. The van der Waals surface area contributed by atoms with E-state index in [1.54, 1.807) is 33.7 Å². The van der Waals surface area contributed by atoms with E-state index in [4.69, 9.17) is 0 Å². The third kappa shape index (κ3) is 5.35. The van der Waals surface area contributed by atoms with Gasteiger partial charge in [-0.3, -0.25) is 0 Å². The summed E-state index contributed by atoms with van der Waals surface area (Å²) in [6.45, 7) is 0.698. The van der Waals surface area contributed by atoms with Crippen molar-refractivity contribution in [1.82, 2.24) is 0 Å². The molecule has 2 rings (SSSR count). The van der Waals surface area contributed by atoms with Gasteiger partial charge in [0, 0.05) is 9.79 Å². The number of hydrogen-bond donors (Lipinski definition) is 0. The maximum absolute atomic E-state index is 10.1. The van der Waals surface area contributed by atoms with E-state index in [0.717, 1.165) is 20.9 Å². The number of nitrogens with zero attached hydrogens (tertiary/aromatic N) is 2. The Morgan fingerprint density at radius 1 is 0.773 bits per heavy atom. The maximum Gasteiger partial charge on any atom is 0.235 e. The van der Waals surface area contributed by atoms with Gasteiger partial charge in [0.2, 0.25) is 12.2 Å². The number of isocyanates is 2. The second-order valence-corrected chi connectivity index (χ2v) is 6.55. The molecule has 0 N–H and O–H groups in total. The maximum atomic E-state index is 10.1. The first kappa shape index (κ1) is 16.3. The third-order valence-electron chi connectivity index (χ3n) is 2.68. The highest BCUT2D eigenvalue weighted by atomic mass is 33.1. The van der Waals surface area contributed by atoms with Crippen LogP contribution in [0.25, 0.3) is 0 Å². The molecule has 2 aromatic carbocycles. The van der Waals surface area contributed by atoms with Crippen LogP contribution >= 0.6 is 21.6 Å². The Balaban J connectivity index is 2.00. The van der Waals surface area contributed by atoms with Crippen molar-refractivity contribution in [2.45, 2.75) is 22.9 Å². The van der Waals surface area contributed by atoms with E-state index in [1.165, 1.54) is 0 Å². The van der Waals surface area contributed by atoms with Crippen LogP contribution in [-0.2, 0) is 22.7 Å². The molecule has 6 heteroatoms. The predicted octanol–water partition coefficient (Wildman–Crippen LogP) is 4.16. The lowest BCUT2D eigenvalue weighted by molar-refractivity contribution is 0.562. The van der Waals surface area contributed by atoms with Crippen molar-refractivity contribution in [3.05, 3.63) is 59.7 Å². The van der Waals surface area contributed by atoms with Gasteiger partial charge in [-0.1, -0.05) is 45.9 Å². The normalized spacial score (nSPS) is 9.64. The molecule has 0 aromatic heterocycles. The van der Waals surface area contributed by atoms with Crippen LogP contribution in [0.4, 0.5) is 0 Å². The molecule has 22 heavy (non-hydrogen) atoms. The smallest absolute Gasteiger partial charge is 0.211 e. The largest absolute Gasteiger partial charge is 0.235 e. The zero-order valence-electron chi connectivity index (χ0n) is 11.6. The lowest BCUT2D eigenvalue weighted by Gasteiger charge is -2.04. The first-order valence-corrected chi connectivity index (χ1v) is 8.56. The molecule has 0 spiro atoms. The van der Waals surface area contributed by atoms with Crippen LogP contribution in [-0.4, -0.2) is 12.2 Å². The van der Waals surface area contributed by atoms with Gasteiger partial charge in [0.1, 0.15) is 0 Å². The first-order valence-electron chi connectivity index (χ1n) is 6.41. The van der Waals surface area contributed by atoms with Gasteiger partial charge in [0.15, 0.2) is 0 Å². The summed E-state index contributed by atoms with van der Waals surface area (Å²) in [6, 6.07) is 15.7. The second-order valence-electron chi connectivity index (χ2n) is 4.28. The number of aliphatic imine (C=N–C) groups is 2. The molecule has 0 radical (unpaired) electrons. The molecule has 110 valence electrons. The quantitative estimate of drug-likeness (QED) is 0.435. The molecule has 0 unspecified atom stereocenters. The van der Waals surface area contributed by atoms with Crippen molar-refractivity contribution in [3.63, 3.8) is 0 Å². The van der Waals surface area contributed by atoms with Crippen molar-refractivity contribution in [2.24, 2.45) is 9.98 Å². The van der Waals surface area contributed by atoms with E-state index in [1.807, 2.05) is 48.5 Å². The summed E-state index contributed by atoms with van der Waals surface area (Å²) in [4.78, 5) is 29.6. The molecule has 2 aromatic rings. The summed E-state index contributed by atoms with van der Waals surface area (Å²) < 4.78 is 0. The average Bonchev–Trinajstić information content (AvgIpc) is 2.57. The Labute approximate surface area is 136 Å². The summed E-state index contributed by atoms with van der Waals surface area (Å²) in [5.74, 6) is 0. The minimum absolute atomic E-state index is 0.349. The van der Waals surface area contributed by atoms with Crippen molar-refractivity contribution >= 4 is 33.7 Å². The molecular weight excluding hydrogens is 316 g/mol. The number of carbonyl (C=O) groups excluding carboxylic acids is 2. The van der Waals surface area contributed by atoms with Gasteiger partial charge in [-0.15, -0.1) is 0 Å². The van der Waals surface area contributed by atoms with Crippen LogP contribution in [0.2, 0.25) is 0 Å². The van der Waals surface area contributed by atoms with E-state index < -0.39 is 0 Å². The molecular formula is C16H12N2O2S2.